The second-order valence-corrected chi connectivity index (χ2v) is 38.3. The van der Waals surface area contributed by atoms with Gasteiger partial charge in [0, 0.05) is 19.6 Å². The van der Waals surface area contributed by atoms with Crippen molar-refractivity contribution in [1.29, 1.82) is 0 Å². The van der Waals surface area contributed by atoms with Gasteiger partial charge < -0.3 is 23.1 Å². The van der Waals surface area contributed by atoms with E-state index in [4.69, 9.17) is 24.6 Å². The highest BCUT2D eigenvalue weighted by Crippen LogP contribution is 2.60. The van der Waals surface area contributed by atoms with Gasteiger partial charge in [0.2, 0.25) is 0 Å². The van der Waals surface area contributed by atoms with Crippen LogP contribution in [0.3, 0.4) is 0 Å². The molecule has 56 heavy (non-hydrogen) atoms. The first-order chi connectivity index (χ1) is 25.2. The maximum Gasteiger partial charge on any atom is 0.193 e. The Bertz CT molecular complexity index is 1370. The van der Waals surface area contributed by atoms with Crippen molar-refractivity contribution in [3.05, 3.63) is 35.5 Å². The minimum absolute atomic E-state index is 0.0466. The fourth-order valence-corrected chi connectivity index (χ4v) is 12.7. The van der Waals surface area contributed by atoms with Crippen LogP contribution in [0, 0.1) is 23.2 Å². The van der Waals surface area contributed by atoms with Crippen LogP contribution in [0.5, 0.6) is 0 Å². The Morgan fingerprint density at radius 1 is 0.804 bits per heavy atom. The first kappa shape index (κ1) is 50.0. The highest BCUT2D eigenvalue weighted by atomic mass is 28.4. The van der Waals surface area contributed by atoms with Crippen LogP contribution >= 0.6 is 0 Å². The molecule has 0 aromatic carbocycles. The summed E-state index contributed by atoms with van der Waals surface area (Å²) >= 11 is 0. The summed E-state index contributed by atoms with van der Waals surface area (Å²) in [4.78, 5) is 0. The number of hydrogen-bond donors (Lipinski definition) is 1. The normalized spacial score (nSPS) is 29.6. The Kier molecular flexibility index (Phi) is 16.4. The lowest BCUT2D eigenvalue weighted by Crippen LogP contribution is -2.57. The topological polar surface area (TPSA) is 57.2 Å². The lowest BCUT2D eigenvalue weighted by molar-refractivity contribution is -0.0879. The zero-order chi connectivity index (χ0) is 42.9. The van der Waals surface area contributed by atoms with Gasteiger partial charge in [-0.2, -0.15) is 0 Å². The molecule has 0 spiro atoms. The molecule has 5 nitrogen and oxygen atoms in total. The standard InChI is InChI=1S/C48H92O5Si3/c1-35(24-21-30-47(12,13)49)39-28-29-40-37(25-22-31-48(39,40)14)26-27-38-34-41(52-55(17,18)45(6,7)8)43(42(36(38)2)53-56(19,20)46(9,10)11)50-32-23-33-51-54(15,16)44(3,4)5/h26-27,35,39-43,49H,2,21-25,28-34H2,1,3-20H3/b37-26+,38-27-/t35-,39-,40+,41-,42-,43+,48-/m1/s1. The molecular formula is C48H92O5Si3. The Morgan fingerprint density at radius 3 is 1.93 bits per heavy atom. The van der Waals surface area contributed by atoms with Gasteiger partial charge in [-0.1, -0.05) is 113 Å². The molecule has 0 aliphatic heterocycles. The number of hydrogen-bond acceptors (Lipinski definition) is 5. The fraction of sp³-hybridized carbons (Fsp3) is 0.875. The summed E-state index contributed by atoms with van der Waals surface area (Å²) in [6.45, 7) is 50.2. The van der Waals surface area contributed by atoms with E-state index in [9.17, 15) is 5.11 Å². The predicted molar refractivity (Wildman–Crippen MR) is 249 cm³/mol. The number of allylic oxidation sites excluding steroid dienone is 3. The van der Waals surface area contributed by atoms with Crippen LogP contribution in [0.4, 0.5) is 0 Å². The molecular weight excluding hydrogens is 741 g/mol. The maximum absolute atomic E-state index is 10.3. The molecule has 3 aliphatic rings. The summed E-state index contributed by atoms with van der Waals surface area (Å²) in [7, 11) is -6.21. The molecule has 8 heteroatoms. The van der Waals surface area contributed by atoms with Gasteiger partial charge >= 0.3 is 0 Å². The Balaban J connectivity index is 1.98. The summed E-state index contributed by atoms with van der Waals surface area (Å²) < 4.78 is 28.4. The highest BCUT2D eigenvalue weighted by molar-refractivity contribution is 6.75. The SMILES string of the molecule is C=C1/C(=C\C=C2/CCC[C@]3(C)[C@@H]([C@H](C)CCCC(C)(C)O)CC[C@@H]23)C[C@@H](O[Si](C)(C)C(C)(C)C)[C@H](OCCCO[Si](C)(C)C(C)(C)C)[C@@H]1O[Si](C)(C)C(C)(C)C. The van der Waals surface area contributed by atoms with Crippen molar-refractivity contribution in [3.8, 4) is 0 Å². The second-order valence-electron chi connectivity index (χ2n) is 24.0. The Morgan fingerprint density at radius 2 is 1.38 bits per heavy atom. The molecule has 326 valence electrons. The average Bonchev–Trinajstić information content (AvgIpc) is 3.37. The van der Waals surface area contributed by atoms with Crippen molar-refractivity contribution in [2.45, 2.75) is 233 Å². The van der Waals surface area contributed by atoms with E-state index in [-0.39, 0.29) is 33.4 Å². The highest BCUT2D eigenvalue weighted by Gasteiger charge is 2.52. The summed E-state index contributed by atoms with van der Waals surface area (Å²) in [6.07, 6.45) is 15.5. The van der Waals surface area contributed by atoms with E-state index in [1.54, 1.807) is 5.57 Å². The van der Waals surface area contributed by atoms with Crippen LogP contribution in [0.25, 0.3) is 0 Å². The van der Waals surface area contributed by atoms with Crippen LogP contribution in [-0.4, -0.2) is 67.2 Å². The fourth-order valence-electron chi connectivity index (χ4n) is 9.01. The first-order valence-electron chi connectivity index (χ1n) is 22.7. The van der Waals surface area contributed by atoms with E-state index in [0.717, 1.165) is 37.2 Å². The van der Waals surface area contributed by atoms with Crippen molar-refractivity contribution in [3.63, 3.8) is 0 Å². The van der Waals surface area contributed by atoms with Crippen molar-refractivity contribution in [1.82, 2.24) is 0 Å². The van der Waals surface area contributed by atoms with E-state index in [1.807, 2.05) is 13.8 Å². The summed E-state index contributed by atoms with van der Waals surface area (Å²) in [5, 5.41) is 10.6. The largest absolute Gasteiger partial charge is 0.417 e. The van der Waals surface area contributed by atoms with Crippen LogP contribution in [0.15, 0.2) is 35.5 Å². The lowest BCUT2D eigenvalue weighted by atomic mass is 9.60. The Hall–Kier alpha value is -0.329. The molecule has 0 bridgehead atoms. The van der Waals surface area contributed by atoms with Gasteiger partial charge in [-0.3, -0.25) is 0 Å². The molecule has 3 fully saturated rings. The quantitative estimate of drug-likeness (QED) is 0.124. The molecule has 0 radical (unpaired) electrons. The monoisotopic (exact) mass is 833 g/mol. The molecule has 7 atom stereocenters. The minimum atomic E-state index is -2.21. The predicted octanol–water partition coefficient (Wildman–Crippen LogP) is 14.2. The molecule has 3 rings (SSSR count). The van der Waals surface area contributed by atoms with Gasteiger partial charge in [-0.15, -0.1) is 0 Å². The number of aliphatic hydroxyl groups is 1. The molecule has 0 amide bonds. The van der Waals surface area contributed by atoms with Gasteiger partial charge in [0.1, 0.15) is 6.10 Å². The third kappa shape index (κ3) is 12.4. The number of ether oxygens (including phenoxy) is 1. The van der Waals surface area contributed by atoms with Gasteiger partial charge in [0.15, 0.2) is 25.0 Å². The molecule has 0 aromatic rings. The zero-order valence-electron chi connectivity index (χ0n) is 40.4. The summed E-state index contributed by atoms with van der Waals surface area (Å²) in [5.41, 5.74) is 3.75. The van der Waals surface area contributed by atoms with E-state index < -0.39 is 30.6 Å². The van der Waals surface area contributed by atoms with Gasteiger partial charge in [-0.25, -0.2) is 0 Å². The van der Waals surface area contributed by atoms with Crippen molar-refractivity contribution in [2.75, 3.05) is 13.2 Å². The van der Waals surface area contributed by atoms with Gasteiger partial charge in [-0.05, 0) is 148 Å². The number of fused-ring (bicyclic) bond motifs is 1. The third-order valence-electron chi connectivity index (χ3n) is 15.9. The molecule has 0 saturated heterocycles. The first-order valence-corrected chi connectivity index (χ1v) is 31.4. The molecule has 1 N–H and O–H groups in total. The van der Waals surface area contributed by atoms with Gasteiger partial charge in [0.05, 0.1) is 17.8 Å². The zero-order valence-corrected chi connectivity index (χ0v) is 43.4. The molecule has 0 aromatic heterocycles. The third-order valence-corrected chi connectivity index (χ3v) is 29.4. The minimum Gasteiger partial charge on any atom is -0.417 e. The number of rotatable bonds is 16. The van der Waals surface area contributed by atoms with Crippen molar-refractivity contribution in [2.24, 2.45) is 23.2 Å². The van der Waals surface area contributed by atoms with E-state index in [2.05, 4.69) is 128 Å². The molecule has 3 aliphatic carbocycles. The van der Waals surface area contributed by atoms with Crippen LogP contribution in [0.1, 0.15) is 154 Å². The Labute approximate surface area is 351 Å². The molecule has 3 saturated carbocycles. The average molecular weight is 834 g/mol. The van der Waals surface area contributed by atoms with Crippen molar-refractivity contribution < 1.29 is 23.1 Å². The summed E-state index contributed by atoms with van der Waals surface area (Å²) in [5.74, 6) is 2.06. The van der Waals surface area contributed by atoms with Crippen LogP contribution < -0.4 is 0 Å². The van der Waals surface area contributed by atoms with Crippen LogP contribution in [0.2, 0.25) is 54.4 Å². The second kappa shape index (κ2) is 18.3. The van der Waals surface area contributed by atoms with Gasteiger partial charge in [0.25, 0.3) is 0 Å². The van der Waals surface area contributed by atoms with Crippen molar-refractivity contribution >= 4 is 25.0 Å². The van der Waals surface area contributed by atoms with Crippen LogP contribution in [-0.2, 0) is 18.0 Å². The molecule has 0 heterocycles. The molecule has 0 unspecified atom stereocenters. The van der Waals surface area contributed by atoms with E-state index >= 15 is 0 Å². The van der Waals surface area contributed by atoms with E-state index in [1.165, 1.54) is 44.1 Å². The lowest BCUT2D eigenvalue weighted by Gasteiger charge is -2.49. The smallest absolute Gasteiger partial charge is 0.193 e. The summed E-state index contributed by atoms with van der Waals surface area (Å²) in [6, 6.07) is 0. The van der Waals surface area contributed by atoms with E-state index in [0.29, 0.717) is 30.5 Å². The maximum atomic E-state index is 10.3.